The van der Waals surface area contributed by atoms with E-state index >= 15 is 0 Å². The van der Waals surface area contributed by atoms with Gasteiger partial charge in [0.2, 0.25) is 0 Å². The van der Waals surface area contributed by atoms with Gasteiger partial charge in [0, 0.05) is 0 Å². The van der Waals surface area contributed by atoms with Crippen molar-refractivity contribution < 1.29 is 14.4 Å². The van der Waals surface area contributed by atoms with Crippen LogP contribution < -0.4 is 0 Å². The summed E-state index contributed by atoms with van der Waals surface area (Å²) in [5, 5.41) is 0. The Kier molecular flexibility index (Phi) is 4.68. The summed E-state index contributed by atoms with van der Waals surface area (Å²) >= 11 is -4.41. The fourth-order valence-corrected chi connectivity index (χ4v) is 32.5. The molecule has 0 aromatic heterocycles. The Hall–Kier alpha value is -0.267. The van der Waals surface area contributed by atoms with E-state index in [0.717, 1.165) is 0 Å². The molecule has 4 rings (SSSR count). The maximum atomic E-state index is 7.89. The van der Waals surface area contributed by atoms with Crippen LogP contribution in [0.1, 0.15) is 43.4 Å². The molecule has 0 aliphatic heterocycles. The van der Waals surface area contributed by atoms with Crippen molar-refractivity contribution in [3.05, 3.63) is 81.9 Å². The molecule has 0 nitrogen and oxygen atoms in total. The van der Waals surface area contributed by atoms with Gasteiger partial charge in [0.25, 0.3) is 0 Å². The van der Waals surface area contributed by atoms with E-state index in [1.165, 1.54) is 33.4 Å². The molecule has 136 valence electrons. The molecule has 0 spiro atoms. The summed E-state index contributed by atoms with van der Waals surface area (Å²) in [6.07, 6.45) is 9.14. The van der Waals surface area contributed by atoms with Gasteiger partial charge < -0.3 is 0 Å². The molecule has 2 aliphatic carbocycles. The van der Waals surface area contributed by atoms with Crippen molar-refractivity contribution in [2.75, 3.05) is 12.5 Å². The summed E-state index contributed by atoms with van der Waals surface area (Å²) in [7, 11) is 15.7. The van der Waals surface area contributed by atoms with Crippen LogP contribution in [0.25, 0.3) is 12.2 Å². The van der Waals surface area contributed by atoms with Gasteiger partial charge in [-0.25, -0.2) is 0 Å². The fourth-order valence-electron chi connectivity index (χ4n) is 4.93. The van der Waals surface area contributed by atoms with Crippen LogP contribution in [0.15, 0.2) is 59.7 Å². The molecule has 2 aromatic carbocycles. The van der Waals surface area contributed by atoms with Gasteiger partial charge in [-0.2, -0.15) is 0 Å². The van der Waals surface area contributed by atoms with Crippen LogP contribution >= 0.6 is 24.1 Å². The van der Waals surface area contributed by atoms with Gasteiger partial charge in [-0.3, -0.25) is 0 Å². The zero-order chi connectivity index (χ0) is 18.7. The first kappa shape index (κ1) is 19.1. The summed E-state index contributed by atoms with van der Waals surface area (Å²) in [5.74, 6) is 0. The molecule has 0 saturated heterocycles. The quantitative estimate of drug-likeness (QED) is 0.411. The van der Waals surface area contributed by atoms with Gasteiger partial charge in [-0.1, -0.05) is 0 Å². The number of benzene rings is 2. The molecule has 0 fully saturated rings. The Morgan fingerprint density at radius 3 is 1.50 bits per heavy atom. The standard InChI is InChI=1S/2C10H9.C2H6S.2ClH.Zr/c2*1-8-6-9-4-2-3-5-10(9)7-8;1-3-2;;;/h2*2-7H,1H3;1-2H3;2*1H;/q;;;;;+2/p-2. The number of halogens is 2. The molecular weight excluding hydrogens is 458 g/mol. The van der Waals surface area contributed by atoms with Crippen molar-refractivity contribution in [1.29, 1.82) is 0 Å². The summed E-state index contributed by atoms with van der Waals surface area (Å²) < 4.78 is 0.350. The Morgan fingerprint density at radius 1 is 0.731 bits per heavy atom. The number of fused-ring (bicyclic) bond motifs is 2. The van der Waals surface area contributed by atoms with Crippen molar-refractivity contribution in [3.63, 3.8) is 0 Å². The Bertz CT molecular complexity index is 978. The van der Waals surface area contributed by atoms with Gasteiger partial charge in [-0.05, 0) is 0 Å². The van der Waals surface area contributed by atoms with Crippen LogP contribution in [-0.2, 0) is 14.4 Å². The van der Waals surface area contributed by atoms with Crippen molar-refractivity contribution in [2.24, 2.45) is 0 Å². The number of hydrogen-bond acceptors (Lipinski definition) is 0. The first-order chi connectivity index (χ1) is 12.2. The van der Waals surface area contributed by atoms with Gasteiger partial charge in [0.1, 0.15) is 0 Å². The zero-order valence-corrected chi connectivity index (χ0v) is 20.4. The van der Waals surface area contributed by atoms with E-state index in [0.29, 0.717) is 0 Å². The molecule has 2 unspecified atom stereocenters. The molecule has 4 heteroatoms. The first-order valence-corrected chi connectivity index (χ1v) is 23.2. The monoisotopic (exact) mass is 480 g/mol. The molecule has 0 amide bonds. The third-order valence-electron chi connectivity index (χ3n) is 6.08. The van der Waals surface area contributed by atoms with Crippen molar-refractivity contribution in [2.45, 2.75) is 21.1 Å². The summed E-state index contributed by atoms with van der Waals surface area (Å²) in [4.78, 5) is 0. The summed E-state index contributed by atoms with van der Waals surface area (Å²) in [5.41, 5.74) is 7.91. The molecule has 2 aliphatic rings. The minimum absolute atomic E-state index is 0.0613. The van der Waals surface area contributed by atoms with E-state index < -0.39 is 14.4 Å². The molecule has 0 N–H and O–H groups in total. The Balaban J connectivity index is 2.05. The molecule has 0 radical (unpaired) electrons. The molecule has 2 atom stereocenters. The predicted molar refractivity (Wildman–Crippen MR) is 117 cm³/mol. The third kappa shape index (κ3) is 2.52. The third-order valence-corrected chi connectivity index (χ3v) is 46.8. The van der Waals surface area contributed by atoms with Crippen molar-refractivity contribution in [3.8, 4) is 0 Å². The SMILES string of the molecule is CC1=Cc2ccccc2[CH]1[Zr]([Cl])([Cl])([CH]1C(C)=Cc2ccccc21)=[S](C)C. The van der Waals surface area contributed by atoms with Crippen LogP contribution in [0, 0.1) is 0 Å². The normalized spacial score (nSPS) is 22.2. The van der Waals surface area contributed by atoms with E-state index in [9.17, 15) is 0 Å². The predicted octanol–water partition coefficient (Wildman–Crippen LogP) is 7.74. The van der Waals surface area contributed by atoms with Crippen LogP contribution in [-0.4, -0.2) is 12.5 Å². The van der Waals surface area contributed by atoms with Crippen LogP contribution in [0.4, 0.5) is 0 Å². The maximum absolute atomic E-state index is 7.89. The van der Waals surface area contributed by atoms with E-state index in [4.69, 9.17) is 17.0 Å². The molecule has 0 heterocycles. The van der Waals surface area contributed by atoms with Crippen LogP contribution in [0.5, 0.6) is 0 Å². The second kappa shape index (κ2) is 6.38. The number of hydrogen-bond donors (Lipinski definition) is 0. The average molecular weight is 483 g/mol. The van der Waals surface area contributed by atoms with Crippen molar-refractivity contribution >= 4 is 36.3 Å². The topological polar surface area (TPSA) is 0 Å². The van der Waals surface area contributed by atoms with E-state index in [1.807, 2.05) is 0 Å². The minimum atomic E-state index is -4.41. The fraction of sp³-hybridized carbons (Fsp3) is 0.273. The van der Waals surface area contributed by atoms with E-state index in [2.05, 4.69) is 87.0 Å². The summed E-state index contributed by atoms with van der Waals surface area (Å²) in [6, 6.07) is 17.3. The van der Waals surface area contributed by atoms with Crippen LogP contribution in [0.2, 0.25) is 0 Å². The van der Waals surface area contributed by atoms with Gasteiger partial charge >= 0.3 is 166 Å². The zero-order valence-electron chi connectivity index (χ0n) is 15.6. The van der Waals surface area contributed by atoms with Gasteiger partial charge in [-0.15, -0.1) is 0 Å². The molecular formula is C22H24Cl2SZr. The average Bonchev–Trinajstić information content (AvgIpc) is 3.10. The first-order valence-electron chi connectivity index (χ1n) is 8.94. The summed E-state index contributed by atoms with van der Waals surface area (Å²) in [6.45, 7) is 4.44. The molecule has 26 heavy (non-hydrogen) atoms. The second-order valence-corrected chi connectivity index (χ2v) is 42.1. The molecule has 0 bridgehead atoms. The van der Waals surface area contributed by atoms with Gasteiger partial charge in [0.15, 0.2) is 0 Å². The Labute approximate surface area is 165 Å². The number of allylic oxidation sites excluding steroid dienone is 2. The van der Waals surface area contributed by atoms with Gasteiger partial charge in [0.05, 0.1) is 0 Å². The second-order valence-electron chi connectivity index (χ2n) is 7.78. The molecule has 2 aromatic rings. The van der Waals surface area contributed by atoms with Crippen LogP contribution in [0.3, 0.4) is 0 Å². The number of rotatable bonds is 2. The van der Waals surface area contributed by atoms with Crippen molar-refractivity contribution in [1.82, 2.24) is 0 Å². The Morgan fingerprint density at radius 2 is 1.12 bits per heavy atom. The van der Waals surface area contributed by atoms with E-state index in [1.54, 1.807) is 0 Å². The van der Waals surface area contributed by atoms with E-state index in [-0.39, 0.29) is 14.4 Å². The molecule has 0 saturated carbocycles.